The van der Waals surface area contributed by atoms with Gasteiger partial charge in [0.15, 0.2) is 11.1 Å². The van der Waals surface area contributed by atoms with E-state index in [9.17, 15) is 0 Å². The normalized spacial score (nSPS) is 27.9. The second-order valence-corrected chi connectivity index (χ2v) is 17.3. The minimum atomic E-state index is -0.939. The summed E-state index contributed by atoms with van der Waals surface area (Å²) in [5.74, 6) is 3.38. The van der Waals surface area contributed by atoms with Crippen LogP contribution in [0, 0.1) is 23.7 Å². The Morgan fingerprint density at radius 1 is 0.775 bits per heavy atom. The lowest BCUT2D eigenvalue weighted by atomic mass is 9.43. The number of benzene rings is 1. The Morgan fingerprint density at radius 2 is 1.27 bits per heavy atom. The quantitative estimate of drug-likeness (QED) is 0.297. The molecule has 4 bridgehead atoms. The van der Waals surface area contributed by atoms with Crippen LogP contribution in [0.25, 0.3) is 0 Å². The summed E-state index contributed by atoms with van der Waals surface area (Å²) >= 11 is 0. The summed E-state index contributed by atoms with van der Waals surface area (Å²) in [5.41, 5.74) is 8.26. The van der Waals surface area contributed by atoms with Crippen LogP contribution in [0.3, 0.4) is 0 Å². The molecule has 0 spiro atoms. The second kappa shape index (κ2) is 10.5. The first-order chi connectivity index (χ1) is 19.0. The number of aromatic nitrogens is 4. The van der Waals surface area contributed by atoms with E-state index < -0.39 is 7.92 Å². The molecule has 6 heteroatoms. The van der Waals surface area contributed by atoms with Crippen molar-refractivity contribution < 1.29 is 0 Å². The summed E-state index contributed by atoms with van der Waals surface area (Å²) in [6, 6.07) is 9.11. The van der Waals surface area contributed by atoms with Gasteiger partial charge in [0.05, 0.1) is 0 Å². The molecule has 4 nitrogen and oxygen atoms in total. The van der Waals surface area contributed by atoms with E-state index in [1.807, 2.05) is 36.9 Å². The molecule has 4 unspecified atom stereocenters. The van der Waals surface area contributed by atoms with E-state index in [2.05, 4.69) is 62.9 Å². The van der Waals surface area contributed by atoms with Crippen LogP contribution in [0.15, 0.2) is 49.1 Å². The van der Waals surface area contributed by atoms with Crippen LogP contribution in [0.2, 0.25) is 0 Å². The largest absolute Gasteiger partial charge is 0.237 e. The van der Waals surface area contributed by atoms with Crippen molar-refractivity contribution in [2.24, 2.45) is 23.7 Å². The maximum absolute atomic E-state index is 4.77. The molecule has 0 amide bonds. The molecule has 0 radical (unpaired) electrons. The second-order valence-electron chi connectivity index (χ2n) is 14.8. The van der Waals surface area contributed by atoms with Gasteiger partial charge in [0, 0.05) is 38.9 Å². The van der Waals surface area contributed by atoms with Gasteiger partial charge < -0.3 is 0 Å². The molecule has 0 N–H and O–H groups in total. The third-order valence-corrected chi connectivity index (χ3v) is 12.7. The first kappa shape index (κ1) is 28.4. The number of hydrogen-bond acceptors (Lipinski definition) is 4. The first-order valence-corrected chi connectivity index (χ1v) is 17.5. The van der Waals surface area contributed by atoms with E-state index in [0.717, 1.165) is 41.0 Å². The average Bonchev–Trinajstić information content (AvgIpc) is 2.91. The molecule has 40 heavy (non-hydrogen) atoms. The van der Waals surface area contributed by atoms with Crippen molar-refractivity contribution in [1.82, 2.24) is 19.9 Å². The van der Waals surface area contributed by atoms with E-state index in [4.69, 9.17) is 19.9 Å². The van der Waals surface area contributed by atoms with Gasteiger partial charge in [0.1, 0.15) is 0 Å². The molecule has 0 aliphatic heterocycles. The maximum Gasteiger partial charge on any atom is 0.158 e. The molecule has 2 aromatic heterocycles. The monoisotopic (exact) mass is 572 g/mol. The zero-order chi connectivity index (χ0) is 28.3. The molecular weight excluding hydrogens is 526 g/mol. The van der Waals surface area contributed by atoms with Crippen LogP contribution in [0.1, 0.15) is 95.9 Å². The first-order valence-electron chi connectivity index (χ1n) is 15.2. The van der Waals surface area contributed by atoms with Crippen LogP contribution in [-0.4, -0.2) is 26.1 Å². The summed E-state index contributed by atoms with van der Waals surface area (Å²) in [6.45, 7) is 14.3. The van der Waals surface area contributed by atoms with E-state index in [1.165, 1.54) is 55.0 Å². The molecule has 4 atom stereocenters. The predicted molar refractivity (Wildman–Crippen MR) is 171 cm³/mol. The average molecular weight is 573 g/mol. The van der Waals surface area contributed by atoms with Crippen molar-refractivity contribution in [1.29, 1.82) is 0 Å². The number of hydrogen-bond donors (Lipinski definition) is 0. The summed E-state index contributed by atoms with van der Waals surface area (Å²) in [5, 5.41) is 0. The third kappa shape index (κ3) is 5.07. The van der Waals surface area contributed by atoms with Gasteiger partial charge in [-0.2, -0.15) is 0 Å². The highest BCUT2D eigenvalue weighted by atomic mass is 31.1. The Balaban J connectivity index is 1.58. The van der Waals surface area contributed by atoms with E-state index >= 15 is 0 Å². The smallest absolute Gasteiger partial charge is 0.158 e. The molecule has 4 aliphatic rings. The molecule has 4 fully saturated rings. The van der Waals surface area contributed by atoms with Gasteiger partial charge in [-0.1, -0.05) is 53.7 Å². The Labute approximate surface area is 245 Å². The zero-order valence-corrected chi connectivity index (χ0v) is 27.2. The summed E-state index contributed by atoms with van der Waals surface area (Å²) < 4.78 is 0. The highest BCUT2D eigenvalue weighted by Crippen LogP contribution is 2.65. The van der Waals surface area contributed by atoms with Gasteiger partial charge in [0.2, 0.25) is 0 Å². The standard InChI is InChI=1S/C34H46N4P2/c1-32(2,3)27-16-25(21-40(30-35-9-7-10-36-30)31-37-11-8-12-38-31)26(17-28(27)33(4,5)6)34-18-22-13-23(19-34)15-24(14-22)29(34)20-39/h7-12,16-17,22-24,29H,13-15,18-21,39H2,1-6H3. The van der Waals surface area contributed by atoms with Crippen LogP contribution >= 0.6 is 17.2 Å². The molecule has 212 valence electrons. The van der Waals surface area contributed by atoms with Crippen molar-refractivity contribution in [2.75, 3.05) is 6.16 Å². The topological polar surface area (TPSA) is 51.6 Å². The van der Waals surface area contributed by atoms with Crippen molar-refractivity contribution in [3.8, 4) is 0 Å². The third-order valence-electron chi connectivity index (χ3n) is 10.1. The van der Waals surface area contributed by atoms with Crippen molar-refractivity contribution in [3.63, 3.8) is 0 Å². The Kier molecular flexibility index (Phi) is 7.45. The van der Waals surface area contributed by atoms with E-state index in [1.54, 1.807) is 5.56 Å². The van der Waals surface area contributed by atoms with Gasteiger partial charge in [0.25, 0.3) is 0 Å². The lowest BCUT2D eigenvalue weighted by molar-refractivity contribution is -0.0521. The van der Waals surface area contributed by atoms with E-state index in [0.29, 0.717) is 0 Å². The van der Waals surface area contributed by atoms with Gasteiger partial charge in [-0.25, -0.2) is 19.9 Å². The highest BCUT2D eigenvalue weighted by molar-refractivity contribution is 7.71. The minimum Gasteiger partial charge on any atom is -0.237 e. The lowest BCUT2D eigenvalue weighted by Gasteiger charge is -2.62. The van der Waals surface area contributed by atoms with Crippen LogP contribution in [0.5, 0.6) is 0 Å². The SMILES string of the molecule is CC(C)(C)c1cc(CP(c2ncccn2)c2ncccn2)c(C23CC4CC(CC(C4)C2CP)C3)cc1C(C)(C)C. The summed E-state index contributed by atoms with van der Waals surface area (Å²) in [6.07, 6.45) is 16.6. The van der Waals surface area contributed by atoms with Gasteiger partial charge >= 0.3 is 0 Å². The fourth-order valence-electron chi connectivity index (χ4n) is 8.73. The van der Waals surface area contributed by atoms with Crippen LogP contribution < -0.4 is 11.1 Å². The molecular formula is C34H46N4P2. The molecule has 4 aliphatic carbocycles. The van der Waals surface area contributed by atoms with Crippen molar-refractivity contribution in [3.05, 3.63) is 71.3 Å². The van der Waals surface area contributed by atoms with Crippen LogP contribution in [-0.2, 0) is 22.4 Å². The summed E-state index contributed by atoms with van der Waals surface area (Å²) in [4.78, 5) is 19.1. The van der Waals surface area contributed by atoms with Crippen molar-refractivity contribution >= 4 is 28.3 Å². The summed E-state index contributed by atoms with van der Waals surface area (Å²) in [7, 11) is 2.23. The predicted octanol–water partition coefficient (Wildman–Crippen LogP) is 7.06. The lowest BCUT2D eigenvalue weighted by Crippen LogP contribution is -2.56. The zero-order valence-electron chi connectivity index (χ0n) is 25.2. The molecule has 2 heterocycles. The highest BCUT2D eigenvalue weighted by Gasteiger charge is 2.57. The fraction of sp³-hybridized carbons (Fsp3) is 0.588. The molecule has 3 aromatic rings. The number of nitrogens with zero attached hydrogens (tertiary/aromatic N) is 4. The minimum absolute atomic E-state index is 0.0482. The van der Waals surface area contributed by atoms with Crippen molar-refractivity contribution in [2.45, 2.75) is 96.1 Å². The van der Waals surface area contributed by atoms with Crippen LogP contribution in [0.4, 0.5) is 0 Å². The Bertz CT molecular complexity index is 1290. The van der Waals surface area contributed by atoms with E-state index in [-0.39, 0.29) is 16.2 Å². The number of rotatable bonds is 6. The Morgan fingerprint density at radius 3 is 1.75 bits per heavy atom. The molecule has 0 saturated heterocycles. The Hall–Kier alpha value is -1.76. The maximum atomic E-state index is 4.77. The molecule has 1 aromatic carbocycles. The van der Waals surface area contributed by atoms with Gasteiger partial charge in [-0.3, -0.25) is 0 Å². The molecule has 7 rings (SSSR count). The van der Waals surface area contributed by atoms with Gasteiger partial charge in [-0.15, -0.1) is 9.24 Å². The fourth-order valence-corrected chi connectivity index (χ4v) is 11.5. The van der Waals surface area contributed by atoms with Gasteiger partial charge in [-0.05, 0) is 113 Å². The molecule has 4 saturated carbocycles.